The lowest BCUT2D eigenvalue weighted by molar-refractivity contribution is -0.870. The van der Waals surface area contributed by atoms with Gasteiger partial charge in [0.15, 0.2) is 0 Å². The van der Waals surface area contributed by atoms with Gasteiger partial charge in [-0.1, -0.05) is 373 Å². The maximum Gasteiger partial charge on any atom is 0.472 e. The van der Waals surface area contributed by atoms with Crippen molar-refractivity contribution in [3.05, 3.63) is 0 Å². The summed E-state index contributed by atoms with van der Waals surface area (Å²) < 4.78 is 23.9. The highest BCUT2D eigenvalue weighted by Gasteiger charge is 2.28. The van der Waals surface area contributed by atoms with Gasteiger partial charge in [0.2, 0.25) is 5.91 Å². The number of likely N-dealkylation sites (N-methyl/N-ethyl adjacent to an activating group) is 1. The average Bonchev–Trinajstić information content (AvgIpc) is 3.42. The quantitative estimate of drug-likeness (QED) is 0.0318. The number of carbonyl (C=O) groups is 1. The van der Waals surface area contributed by atoms with Crippen LogP contribution in [0.5, 0.6) is 0 Å². The van der Waals surface area contributed by atoms with Gasteiger partial charge in [0, 0.05) is 6.42 Å². The summed E-state index contributed by atoms with van der Waals surface area (Å²) in [5.74, 6) is -0.133. The molecule has 0 aliphatic carbocycles. The van der Waals surface area contributed by atoms with Crippen molar-refractivity contribution < 1.29 is 32.9 Å². The number of phosphoric ester groups is 1. The number of carbonyl (C=O) groups excluding carboxylic acids is 1. The molecule has 0 aromatic carbocycles. The van der Waals surface area contributed by atoms with Crippen molar-refractivity contribution in [1.29, 1.82) is 0 Å². The van der Waals surface area contributed by atoms with E-state index in [0.717, 1.165) is 38.5 Å². The summed E-state index contributed by atoms with van der Waals surface area (Å²) in [7, 11) is 1.64. The second kappa shape index (κ2) is 62.0. The SMILES string of the molecule is CCCCCCCCCCCCCCCCCCCCCCCCCCCCCCCCCC(=O)NC(COP(=O)(O)OCC[N+](C)(C)C)C(O)CCCCCCCCCCCCCCCCCCCCCCCCCCCC. The zero-order valence-corrected chi connectivity index (χ0v) is 55.3. The van der Waals surface area contributed by atoms with Crippen LogP contribution in [0, 0.1) is 0 Å². The normalized spacial score (nSPS) is 13.6. The Hall–Kier alpha value is -0.500. The molecule has 79 heavy (non-hydrogen) atoms. The zero-order valence-electron chi connectivity index (χ0n) is 54.4. The van der Waals surface area contributed by atoms with Crippen molar-refractivity contribution in [3.63, 3.8) is 0 Å². The summed E-state index contributed by atoms with van der Waals surface area (Å²) in [5.41, 5.74) is 0. The van der Waals surface area contributed by atoms with E-state index in [1.165, 1.54) is 327 Å². The molecule has 0 aliphatic rings. The first-order valence-corrected chi connectivity index (χ1v) is 37.4. The number of amides is 1. The van der Waals surface area contributed by atoms with E-state index in [2.05, 4.69) is 19.2 Å². The molecule has 3 atom stereocenters. The molecule has 3 unspecified atom stereocenters. The largest absolute Gasteiger partial charge is 0.472 e. The lowest BCUT2D eigenvalue weighted by Gasteiger charge is -2.26. The molecule has 0 saturated heterocycles. The van der Waals surface area contributed by atoms with Gasteiger partial charge in [0.25, 0.3) is 0 Å². The minimum atomic E-state index is -4.33. The average molecular weight is 1140 g/mol. The number of hydrogen-bond donors (Lipinski definition) is 3. The molecule has 0 fully saturated rings. The van der Waals surface area contributed by atoms with E-state index >= 15 is 0 Å². The van der Waals surface area contributed by atoms with Crippen molar-refractivity contribution in [2.24, 2.45) is 0 Å². The topological polar surface area (TPSA) is 105 Å². The van der Waals surface area contributed by atoms with Gasteiger partial charge < -0.3 is 19.8 Å². The van der Waals surface area contributed by atoms with Crippen molar-refractivity contribution in [1.82, 2.24) is 5.32 Å². The van der Waals surface area contributed by atoms with Crippen LogP contribution < -0.4 is 5.32 Å². The van der Waals surface area contributed by atoms with E-state index in [-0.39, 0.29) is 19.1 Å². The lowest BCUT2D eigenvalue weighted by Crippen LogP contribution is -2.46. The molecule has 0 radical (unpaired) electrons. The Labute approximate surface area is 495 Å². The van der Waals surface area contributed by atoms with Gasteiger partial charge in [-0.2, -0.15) is 0 Å². The van der Waals surface area contributed by atoms with Crippen molar-refractivity contribution >= 4 is 13.7 Å². The summed E-state index contributed by atoms with van der Waals surface area (Å²) in [5, 5.41) is 14.2. The molecular weight excluding hydrogens is 996 g/mol. The van der Waals surface area contributed by atoms with Gasteiger partial charge in [0.05, 0.1) is 39.9 Å². The number of nitrogens with zero attached hydrogens (tertiary/aromatic N) is 1. The second-order valence-electron chi connectivity index (χ2n) is 26.3. The molecule has 0 rings (SSSR count). The zero-order chi connectivity index (χ0) is 57.7. The monoisotopic (exact) mass is 1140 g/mol. The number of rotatable bonds is 68. The first kappa shape index (κ1) is 78.5. The Bertz CT molecular complexity index is 1250. The van der Waals surface area contributed by atoms with Crippen LogP contribution in [0.3, 0.4) is 0 Å². The molecule has 0 saturated carbocycles. The molecule has 9 heteroatoms. The Morgan fingerprint density at radius 2 is 0.608 bits per heavy atom. The fourth-order valence-corrected chi connectivity index (χ4v) is 12.3. The molecular formula is C70H144N2O6P+. The second-order valence-corrected chi connectivity index (χ2v) is 27.8. The highest BCUT2D eigenvalue weighted by atomic mass is 31.2. The highest BCUT2D eigenvalue weighted by molar-refractivity contribution is 7.47. The van der Waals surface area contributed by atoms with Crippen LogP contribution in [0.15, 0.2) is 0 Å². The Morgan fingerprint density at radius 1 is 0.380 bits per heavy atom. The van der Waals surface area contributed by atoms with E-state index in [0.29, 0.717) is 23.9 Å². The van der Waals surface area contributed by atoms with E-state index in [1.807, 2.05) is 21.1 Å². The third-order valence-electron chi connectivity index (χ3n) is 17.1. The van der Waals surface area contributed by atoms with Crippen molar-refractivity contribution in [2.75, 3.05) is 40.9 Å². The van der Waals surface area contributed by atoms with Gasteiger partial charge in [-0.05, 0) is 12.8 Å². The molecule has 474 valence electrons. The van der Waals surface area contributed by atoms with Gasteiger partial charge in [-0.25, -0.2) is 4.57 Å². The molecule has 3 N–H and O–H groups in total. The summed E-state index contributed by atoms with van der Waals surface area (Å²) in [6.07, 6.45) is 77.9. The van der Waals surface area contributed by atoms with E-state index in [1.54, 1.807) is 0 Å². The van der Waals surface area contributed by atoms with Crippen LogP contribution in [0.2, 0.25) is 0 Å². The third-order valence-corrected chi connectivity index (χ3v) is 18.1. The molecule has 0 aliphatic heterocycles. The first-order valence-electron chi connectivity index (χ1n) is 35.9. The van der Waals surface area contributed by atoms with Gasteiger partial charge in [-0.15, -0.1) is 0 Å². The number of nitrogens with one attached hydrogen (secondary N) is 1. The van der Waals surface area contributed by atoms with Gasteiger partial charge in [-0.3, -0.25) is 13.8 Å². The number of phosphoric acid groups is 1. The molecule has 0 bridgehead atoms. The molecule has 1 amide bonds. The van der Waals surface area contributed by atoms with Crippen LogP contribution in [-0.2, 0) is 18.4 Å². The smallest absolute Gasteiger partial charge is 0.391 e. The fraction of sp³-hybridized carbons (Fsp3) is 0.986. The lowest BCUT2D eigenvalue weighted by atomic mass is 10.0. The van der Waals surface area contributed by atoms with Crippen molar-refractivity contribution in [2.45, 2.75) is 405 Å². The maximum atomic E-state index is 13.1. The van der Waals surface area contributed by atoms with Crippen molar-refractivity contribution in [3.8, 4) is 0 Å². The number of aliphatic hydroxyl groups is 1. The fourth-order valence-electron chi connectivity index (χ4n) is 11.5. The van der Waals surface area contributed by atoms with Crippen LogP contribution in [0.25, 0.3) is 0 Å². The third kappa shape index (κ3) is 64.9. The summed E-state index contributed by atoms with van der Waals surface area (Å²) >= 11 is 0. The number of unbranched alkanes of at least 4 members (excludes halogenated alkanes) is 55. The minimum absolute atomic E-state index is 0.0795. The van der Waals surface area contributed by atoms with Crippen LogP contribution in [0.1, 0.15) is 393 Å². The molecule has 0 aromatic rings. The van der Waals surface area contributed by atoms with Crippen LogP contribution in [0.4, 0.5) is 0 Å². The van der Waals surface area contributed by atoms with Crippen LogP contribution >= 0.6 is 7.82 Å². The van der Waals surface area contributed by atoms with E-state index < -0.39 is 20.0 Å². The van der Waals surface area contributed by atoms with E-state index in [4.69, 9.17) is 9.05 Å². The summed E-state index contributed by atoms with van der Waals surface area (Å²) in [4.78, 5) is 23.5. The molecule has 8 nitrogen and oxygen atoms in total. The first-order chi connectivity index (χ1) is 38.5. The number of hydrogen-bond acceptors (Lipinski definition) is 5. The molecule has 0 aromatic heterocycles. The number of quaternary nitrogens is 1. The van der Waals surface area contributed by atoms with Gasteiger partial charge >= 0.3 is 7.82 Å². The predicted molar refractivity (Wildman–Crippen MR) is 346 cm³/mol. The predicted octanol–water partition coefficient (Wildman–Crippen LogP) is 22.7. The molecule has 0 spiro atoms. The minimum Gasteiger partial charge on any atom is -0.391 e. The maximum absolute atomic E-state index is 13.1. The Morgan fingerprint density at radius 3 is 0.848 bits per heavy atom. The number of aliphatic hydroxyl groups excluding tert-OH is 1. The Balaban J connectivity index is 3.96. The highest BCUT2D eigenvalue weighted by Crippen LogP contribution is 2.43. The Kier molecular flexibility index (Phi) is 61.7. The standard InChI is InChI=1S/C70H143N2O6P/c1-6-8-10-12-14-16-18-20-22-24-26-28-30-32-34-35-36-37-38-40-42-44-46-48-50-52-54-56-58-60-62-64-70(74)71-68(67-78-79(75,76)77-66-65-72(3,4)5)69(73)63-61-59-57-55-53-51-49-47-45-43-41-39-33-31-29-27-25-23-21-19-17-15-13-11-9-7-2/h68-69,73H,6-67H2,1-5H3,(H-,71,74,75,76)/p+1. The summed E-state index contributed by atoms with van der Waals surface area (Å²) in [6.45, 7) is 4.97. The van der Waals surface area contributed by atoms with E-state index in [9.17, 15) is 19.4 Å². The van der Waals surface area contributed by atoms with Crippen LogP contribution in [-0.4, -0.2) is 73.4 Å². The summed E-state index contributed by atoms with van der Waals surface area (Å²) in [6, 6.07) is -0.757. The van der Waals surface area contributed by atoms with Gasteiger partial charge in [0.1, 0.15) is 13.2 Å². The molecule has 0 heterocycles.